The molecule has 1 atom stereocenters. The van der Waals surface area contributed by atoms with Crippen molar-refractivity contribution < 1.29 is 19.4 Å². The van der Waals surface area contributed by atoms with Crippen LogP contribution in [0.3, 0.4) is 0 Å². The molecule has 0 saturated carbocycles. The van der Waals surface area contributed by atoms with E-state index in [2.05, 4.69) is 17.4 Å². The summed E-state index contributed by atoms with van der Waals surface area (Å²) in [7, 11) is 0. The number of carboxylic acids is 1. The lowest BCUT2D eigenvalue weighted by atomic mass is 9.97. The van der Waals surface area contributed by atoms with Crippen LogP contribution >= 0.6 is 11.8 Å². The monoisotopic (exact) mass is 568 g/mol. The lowest BCUT2D eigenvalue weighted by Gasteiger charge is -2.24. The maximum atomic E-state index is 13.6. The molecule has 41 heavy (non-hydrogen) atoms. The van der Waals surface area contributed by atoms with Gasteiger partial charge < -0.3 is 15.2 Å². The number of hydrogen-bond acceptors (Lipinski definition) is 4. The van der Waals surface area contributed by atoms with E-state index >= 15 is 0 Å². The first kappa shape index (κ1) is 29.7. The average Bonchev–Trinajstić information content (AvgIpc) is 2.98. The van der Waals surface area contributed by atoms with Gasteiger partial charge in [-0.1, -0.05) is 73.3 Å². The van der Waals surface area contributed by atoms with Crippen molar-refractivity contribution in [1.82, 2.24) is 0 Å². The molecule has 0 aromatic heterocycles. The summed E-state index contributed by atoms with van der Waals surface area (Å²) in [5, 5.41) is 12.5. The van der Waals surface area contributed by atoms with Crippen molar-refractivity contribution >= 4 is 35.1 Å². The Morgan fingerprint density at radius 2 is 1.49 bits per heavy atom. The molecule has 0 radical (unpaired) electrons. The zero-order valence-corrected chi connectivity index (χ0v) is 24.3. The Hall–Kier alpha value is -4.23. The topological polar surface area (TPSA) is 78.9 Å². The molecule has 4 aromatic carbocycles. The number of benzene rings is 4. The molecule has 0 spiro atoms. The maximum absolute atomic E-state index is 13.6. The highest BCUT2D eigenvalue weighted by Gasteiger charge is 2.19. The second-order valence-corrected chi connectivity index (χ2v) is 10.7. The first-order valence-corrected chi connectivity index (χ1v) is 14.7. The third-order valence-electron chi connectivity index (χ3n) is 6.74. The molecule has 212 valence electrons. The number of carbonyl (C=O) groups is 2. The van der Waals surface area contributed by atoms with Gasteiger partial charge in [-0.15, -0.1) is 0 Å². The van der Waals surface area contributed by atoms with Crippen LogP contribution in [0.4, 0.5) is 16.2 Å². The molecule has 7 heteroatoms. The van der Waals surface area contributed by atoms with Gasteiger partial charge in [-0.2, -0.15) is 0 Å². The van der Waals surface area contributed by atoms with Gasteiger partial charge >= 0.3 is 12.0 Å². The highest BCUT2D eigenvalue weighted by atomic mass is 32.2. The Morgan fingerprint density at radius 3 is 2.12 bits per heavy atom. The van der Waals surface area contributed by atoms with E-state index in [0.29, 0.717) is 31.0 Å². The number of rotatable bonds is 13. The summed E-state index contributed by atoms with van der Waals surface area (Å²) in [5.74, 6) is -0.658. The summed E-state index contributed by atoms with van der Waals surface area (Å²) in [6, 6.07) is 33.1. The predicted octanol–water partition coefficient (Wildman–Crippen LogP) is 8.49. The third kappa shape index (κ3) is 8.38. The lowest BCUT2D eigenvalue weighted by molar-refractivity contribution is -0.138. The Bertz CT molecular complexity index is 1410. The van der Waals surface area contributed by atoms with Crippen molar-refractivity contribution in [2.45, 2.75) is 48.8 Å². The van der Waals surface area contributed by atoms with Crippen molar-refractivity contribution in [3.63, 3.8) is 0 Å². The number of ether oxygens (including phenoxy) is 1. The van der Waals surface area contributed by atoms with Crippen LogP contribution in [0.15, 0.2) is 113 Å². The number of para-hydroxylation sites is 2. The summed E-state index contributed by atoms with van der Waals surface area (Å²) >= 11 is 1.59. The molecule has 1 unspecified atom stereocenters. The molecule has 6 nitrogen and oxygen atoms in total. The molecule has 2 amide bonds. The van der Waals surface area contributed by atoms with Crippen molar-refractivity contribution in [3.8, 4) is 5.75 Å². The van der Waals surface area contributed by atoms with Gasteiger partial charge in [-0.25, -0.2) is 4.79 Å². The first-order chi connectivity index (χ1) is 20.0. The smallest absolute Gasteiger partial charge is 0.326 e. The Labute approximate surface area is 246 Å². The molecule has 0 aliphatic heterocycles. The van der Waals surface area contributed by atoms with Gasteiger partial charge in [0.25, 0.3) is 0 Å². The number of carbonyl (C=O) groups excluding carboxylic acids is 1. The highest BCUT2D eigenvalue weighted by molar-refractivity contribution is 7.99. The van der Waals surface area contributed by atoms with E-state index in [4.69, 9.17) is 4.74 Å². The summed E-state index contributed by atoms with van der Waals surface area (Å²) in [4.78, 5) is 28.9. The van der Waals surface area contributed by atoms with Crippen LogP contribution in [0.1, 0.15) is 43.7 Å². The molecule has 4 aromatic rings. The molecule has 0 aliphatic rings. The molecular weight excluding hydrogens is 532 g/mol. The van der Waals surface area contributed by atoms with Crippen molar-refractivity contribution in [1.29, 1.82) is 0 Å². The fourth-order valence-corrected chi connectivity index (χ4v) is 5.44. The SMILES string of the molecule is CCOc1ccccc1NC(=O)N(CCCc1ccccc1)c1ccc(Sc2ccc(C(CC)C(=O)O)cc2)cc1. The number of amides is 2. The van der Waals surface area contributed by atoms with Gasteiger partial charge in [-0.3, -0.25) is 9.69 Å². The maximum Gasteiger partial charge on any atom is 0.326 e. The second kappa shape index (κ2) is 15.0. The van der Waals surface area contributed by atoms with Crippen LogP contribution < -0.4 is 15.0 Å². The molecule has 0 aliphatic carbocycles. The number of carboxylic acid groups (broad SMARTS) is 1. The number of aryl methyl sites for hydroxylation is 1. The number of aliphatic carboxylic acids is 1. The van der Waals surface area contributed by atoms with Gasteiger partial charge in [0, 0.05) is 22.0 Å². The fourth-order valence-electron chi connectivity index (χ4n) is 4.62. The lowest BCUT2D eigenvalue weighted by Crippen LogP contribution is -2.36. The normalized spacial score (nSPS) is 11.5. The van der Waals surface area contributed by atoms with E-state index in [1.807, 2.05) is 105 Å². The van der Waals surface area contributed by atoms with Gasteiger partial charge in [0.1, 0.15) is 5.75 Å². The average molecular weight is 569 g/mol. The molecule has 2 N–H and O–H groups in total. The van der Waals surface area contributed by atoms with Gasteiger partial charge in [0.05, 0.1) is 18.2 Å². The third-order valence-corrected chi connectivity index (χ3v) is 7.75. The highest BCUT2D eigenvalue weighted by Crippen LogP contribution is 2.32. The van der Waals surface area contributed by atoms with Crippen molar-refractivity contribution in [2.75, 3.05) is 23.4 Å². The number of anilines is 2. The Kier molecular flexibility index (Phi) is 10.9. The minimum Gasteiger partial charge on any atom is -0.492 e. The van der Waals surface area contributed by atoms with Crippen LogP contribution in [-0.2, 0) is 11.2 Å². The minimum absolute atomic E-state index is 0.217. The van der Waals surface area contributed by atoms with Gasteiger partial charge in [-0.05, 0) is 85.8 Å². The molecule has 0 heterocycles. The predicted molar refractivity (Wildman–Crippen MR) is 166 cm³/mol. The number of hydrogen-bond donors (Lipinski definition) is 2. The van der Waals surface area contributed by atoms with Gasteiger partial charge in [0.2, 0.25) is 0 Å². The minimum atomic E-state index is -0.803. The Morgan fingerprint density at radius 1 is 0.854 bits per heavy atom. The molecular formula is C34H36N2O4S. The summed E-state index contributed by atoms with van der Waals surface area (Å²) in [5.41, 5.74) is 3.48. The number of urea groups is 1. The van der Waals surface area contributed by atoms with Crippen LogP contribution in [-0.4, -0.2) is 30.3 Å². The van der Waals surface area contributed by atoms with E-state index in [1.165, 1.54) is 5.56 Å². The second-order valence-electron chi connectivity index (χ2n) is 9.56. The summed E-state index contributed by atoms with van der Waals surface area (Å²) in [6.45, 7) is 4.86. The van der Waals surface area contributed by atoms with Crippen molar-refractivity contribution in [2.24, 2.45) is 0 Å². The zero-order valence-electron chi connectivity index (χ0n) is 23.5. The van der Waals surface area contributed by atoms with E-state index in [9.17, 15) is 14.7 Å². The van der Waals surface area contributed by atoms with E-state index < -0.39 is 11.9 Å². The number of nitrogens with zero attached hydrogens (tertiary/aromatic N) is 1. The van der Waals surface area contributed by atoms with E-state index in [-0.39, 0.29) is 6.03 Å². The molecule has 0 saturated heterocycles. The Balaban J connectivity index is 1.49. The largest absolute Gasteiger partial charge is 0.492 e. The van der Waals surface area contributed by atoms with Crippen molar-refractivity contribution in [3.05, 3.63) is 114 Å². The fraction of sp³-hybridized carbons (Fsp3) is 0.235. The van der Waals surface area contributed by atoms with Crippen LogP contribution in [0.5, 0.6) is 5.75 Å². The van der Waals surface area contributed by atoms with Crippen LogP contribution in [0.25, 0.3) is 0 Å². The zero-order chi connectivity index (χ0) is 29.0. The summed E-state index contributed by atoms with van der Waals surface area (Å²) < 4.78 is 5.71. The van der Waals surface area contributed by atoms with E-state index in [1.54, 1.807) is 16.7 Å². The van der Waals surface area contributed by atoms with Crippen LogP contribution in [0.2, 0.25) is 0 Å². The quantitative estimate of drug-likeness (QED) is 0.169. The molecule has 0 fully saturated rings. The molecule has 0 bridgehead atoms. The molecule has 4 rings (SSSR count). The first-order valence-electron chi connectivity index (χ1n) is 13.9. The van der Waals surface area contributed by atoms with Crippen LogP contribution in [0, 0.1) is 0 Å². The standard InChI is InChI=1S/C34H36N2O4S/c1-3-30(33(37)38)26-16-20-28(21-17-26)41-29-22-18-27(19-23-29)36(24-10-13-25-11-6-5-7-12-25)34(39)35-31-14-8-9-15-32(31)40-4-2/h5-9,11-12,14-23,30H,3-4,10,13,24H2,1-2H3,(H,35,39)(H,37,38). The summed E-state index contributed by atoms with van der Waals surface area (Å²) in [6.07, 6.45) is 2.23. The number of nitrogens with one attached hydrogen (secondary N) is 1. The van der Waals surface area contributed by atoms with E-state index in [0.717, 1.165) is 33.9 Å². The van der Waals surface area contributed by atoms with Gasteiger partial charge in [0.15, 0.2) is 0 Å².